The molecule has 0 saturated heterocycles. The van der Waals surface area contributed by atoms with Crippen molar-refractivity contribution in [2.45, 2.75) is 26.2 Å². The van der Waals surface area contributed by atoms with Crippen molar-refractivity contribution in [1.82, 2.24) is 10.2 Å². The number of nitrogens with one attached hydrogen (secondary N) is 1. The molecule has 0 aliphatic carbocycles. The van der Waals surface area contributed by atoms with Crippen LogP contribution in [0.25, 0.3) is 0 Å². The van der Waals surface area contributed by atoms with Gasteiger partial charge in [0.2, 0.25) is 0 Å². The molecule has 2 rings (SSSR count). The lowest BCUT2D eigenvalue weighted by molar-refractivity contribution is 0.590. The maximum absolute atomic E-state index is 8.99. The number of anilines is 2. The van der Waals surface area contributed by atoms with E-state index in [2.05, 4.69) is 54.5 Å². The smallest absolute Gasteiger partial charge is 0.171 e. The first-order valence-electron chi connectivity index (χ1n) is 6.10. The Kier molecular flexibility index (Phi) is 3.48. The Morgan fingerprint density at radius 1 is 1.11 bits per heavy atom. The van der Waals surface area contributed by atoms with Gasteiger partial charge in [0.25, 0.3) is 0 Å². The van der Waals surface area contributed by atoms with E-state index in [1.54, 1.807) is 6.07 Å². The Bertz CT molecular complexity index is 603. The summed E-state index contributed by atoms with van der Waals surface area (Å²) in [6, 6.07) is 11.8. The second kappa shape index (κ2) is 5.07. The molecule has 96 valence electrons. The van der Waals surface area contributed by atoms with Gasteiger partial charge in [0.05, 0.1) is 11.8 Å². The number of nitrogens with zero attached hydrogens (tertiary/aromatic N) is 3. The summed E-state index contributed by atoms with van der Waals surface area (Å²) in [4.78, 5) is 0. The molecular weight excluding hydrogens is 236 g/mol. The van der Waals surface area contributed by atoms with Crippen LogP contribution in [0.1, 0.15) is 31.9 Å². The molecule has 0 saturated carbocycles. The Morgan fingerprint density at radius 3 is 2.37 bits per heavy atom. The topological polar surface area (TPSA) is 61.6 Å². The van der Waals surface area contributed by atoms with Crippen molar-refractivity contribution in [3.63, 3.8) is 0 Å². The molecule has 0 aliphatic rings. The monoisotopic (exact) mass is 252 g/mol. The van der Waals surface area contributed by atoms with Gasteiger partial charge in [-0.1, -0.05) is 32.9 Å². The van der Waals surface area contributed by atoms with Crippen molar-refractivity contribution < 1.29 is 0 Å². The molecule has 1 aromatic heterocycles. The van der Waals surface area contributed by atoms with Crippen LogP contribution in [0, 0.1) is 11.3 Å². The minimum absolute atomic E-state index is 0.128. The van der Waals surface area contributed by atoms with Crippen molar-refractivity contribution in [3.8, 4) is 6.07 Å². The lowest BCUT2D eigenvalue weighted by atomic mass is 9.87. The van der Waals surface area contributed by atoms with Crippen molar-refractivity contribution in [2.24, 2.45) is 0 Å². The third-order valence-electron chi connectivity index (χ3n) is 2.85. The zero-order valence-corrected chi connectivity index (χ0v) is 11.3. The van der Waals surface area contributed by atoms with Crippen LogP contribution < -0.4 is 5.32 Å². The maximum Gasteiger partial charge on any atom is 0.171 e. The van der Waals surface area contributed by atoms with E-state index >= 15 is 0 Å². The molecule has 1 heterocycles. The highest BCUT2D eigenvalue weighted by Gasteiger charge is 2.13. The van der Waals surface area contributed by atoms with Crippen molar-refractivity contribution >= 4 is 11.5 Å². The first kappa shape index (κ1) is 13.0. The third kappa shape index (κ3) is 3.08. The van der Waals surface area contributed by atoms with Gasteiger partial charge in [-0.3, -0.25) is 0 Å². The molecule has 4 heteroatoms. The molecule has 4 nitrogen and oxygen atoms in total. The molecule has 19 heavy (non-hydrogen) atoms. The molecule has 0 fully saturated rings. The van der Waals surface area contributed by atoms with Gasteiger partial charge in [0, 0.05) is 5.69 Å². The van der Waals surface area contributed by atoms with Gasteiger partial charge in [-0.2, -0.15) is 10.4 Å². The van der Waals surface area contributed by atoms with Crippen LogP contribution in [-0.2, 0) is 5.41 Å². The van der Waals surface area contributed by atoms with E-state index in [9.17, 15) is 0 Å². The Labute approximate surface area is 113 Å². The van der Waals surface area contributed by atoms with Crippen LogP contribution >= 0.6 is 0 Å². The fourth-order valence-corrected chi connectivity index (χ4v) is 1.70. The first-order valence-corrected chi connectivity index (χ1v) is 6.10. The highest BCUT2D eigenvalue weighted by Crippen LogP contribution is 2.24. The lowest BCUT2D eigenvalue weighted by Gasteiger charge is -2.19. The van der Waals surface area contributed by atoms with Crippen molar-refractivity contribution in [2.75, 3.05) is 5.32 Å². The van der Waals surface area contributed by atoms with Crippen LogP contribution in [0.2, 0.25) is 0 Å². The van der Waals surface area contributed by atoms with E-state index < -0.39 is 0 Å². The normalized spacial score (nSPS) is 10.8. The van der Waals surface area contributed by atoms with Gasteiger partial charge in [0.15, 0.2) is 5.82 Å². The minimum atomic E-state index is 0.128. The lowest BCUT2D eigenvalue weighted by Crippen LogP contribution is -2.10. The Morgan fingerprint density at radius 2 is 1.79 bits per heavy atom. The number of nitriles is 1. The Hall–Kier alpha value is -2.41. The quantitative estimate of drug-likeness (QED) is 0.889. The van der Waals surface area contributed by atoms with Gasteiger partial charge in [-0.25, -0.2) is 0 Å². The minimum Gasteiger partial charge on any atom is -0.338 e. The molecule has 0 bridgehead atoms. The molecule has 0 spiro atoms. The second-order valence-electron chi connectivity index (χ2n) is 5.36. The predicted molar refractivity (Wildman–Crippen MR) is 75.2 cm³/mol. The molecule has 1 aromatic carbocycles. The molecule has 1 N–H and O–H groups in total. The summed E-state index contributed by atoms with van der Waals surface area (Å²) >= 11 is 0. The molecule has 0 atom stereocenters. The number of hydrogen-bond donors (Lipinski definition) is 1. The number of aromatic nitrogens is 2. The summed E-state index contributed by atoms with van der Waals surface area (Å²) in [5.41, 5.74) is 2.76. The summed E-state index contributed by atoms with van der Waals surface area (Å²) < 4.78 is 0. The molecule has 0 amide bonds. The van der Waals surface area contributed by atoms with Crippen molar-refractivity contribution in [1.29, 1.82) is 5.26 Å². The summed E-state index contributed by atoms with van der Waals surface area (Å²) in [5.74, 6) is 0.480. The Balaban J connectivity index is 2.23. The van der Waals surface area contributed by atoms with Crippen molar-refractivity contribution in [3.05, 3.63) is 47.7 Å². The summed E-state index contributed by atoms with van der Waals surface area (Å²) in [6.07, 6.45) is 1.51. The van der Waals surface area contributed by atoms with Gasteiger partial charge >= 0.3 is 0 Å². The predicted octanol–water partition coefficient (Wildman–Crippen LogP) is 3.39. The number of benzene rings is 1. The summed E-state index contributed by atoms with van der Waals surface area (Å²) in [7, 11) is 0. The van der Waals surface area contributed by atoms with Crippen LogP contribution in [0.5, 0.6) is 0 Å². The van der Waals surface area contributed by atoms with Gasteiger partial charge in [-0.05, 0) is 29.2 Å². The van der Waals surface area contributed by atoms with Crippen LogP contribution in [0.3, 0.4) is 0 Å². The van der Waals surface area contributed by atoms with E-state index in [1.165, 1.54) is 11.8 Å². The van der Waals surface area contributed by atoms with E-state index in [1.807, 2.05) is 12.1 Å². The van der Waals surface area contributed by atoms with Crippen LogP contribution in [0.4, 0.5) is 11.5 Å². The molecule has 0 aliphatic heterocycles. The summed E-state index contributed by atoms with van der Waals surface area (Å²) in [6.45, 7) is 6.52. The standard InChI is InChI=1S/C15H16N4/c1-15(2,3)12-4-6-13(7-5-12)18-14-11(10-16)8-9-17-19-14/h4-9H,1-3H3,(H,18,19). The van der Waals surface area contributed by atoms with Gasteiger partial charge in [-0.15, -0.1) is 5.10 Å². The molecular formula is C15H16N4. The average Bonchev–Trinajstić information content (AvgIpc) is 2.39. The van der Waals surface area contributed by atoms with E-state index in [0.717, 1.165) is 5.69 Å². The fourth-order valence-electron chi connectivity index (χ4n) is 1.70. The highest BCUT2D eigenvalue weighted by atomic mass is 15.2. The SMILES string of the molecule is CC(C)(C)c1ccc(Nc2nnccc2C#N)cc1. The fraction of sp³-hybridized carbons (Fsp3) is 0.267. The van der Waals surface area contributed by atoms with Crippen LogP contribution in [-0.4, -0.2) is 10.2 Å². The van der Waals surface area contributed by atoms with E-state index in [-0.39, 0.29) is 5.41 Å². The first-order chi connectivity index (χ1) is 9.00. The van der Waals surface area contributed by atoms with Gasteiger partial charge < -0.3 is 5.32 Å². The average molecular weight is 252 g/mol. The van der Waals surface area contributed by atoms with Gasteiger partial charge in [0.1, 0.15) is 6.07 Å². The molecule has 0 radical (unpaired) electrons. The largest absolute Gasteiger partial charge is 0.338 e. The highest BCUT2D eigenvalue weighted by molar-refractivity contribution is 5.62. The maximum atomic E-state index is 8.99. The second-order valence-corrected chi connectivity index (χ2v) is 5.36. The zero-order valence-electron chi connectivity index (χ0n) is 11.3. The molecule has 0 unspecified atom stereocenters. The summed E-state index contributed by atoms with van der Waals surface area (Å²) in [5, 5.41) is 19.8. The number of rotatable bonds is 2. The van der Waals surface area contributed by atoms with E-state index in [4.69, 9.17) is 5.26 Å². The third-order valence-corrected chi connectivity index (χ3v) is 2.85. The number of hydrogen-bond acceptors (Lipinski definition) is 4. The zero-order chi connectivity index (χ0) is 13.9. The molecule has 2 aromatic rings. The van der Waals surface area contributed by atoms with Crippen LogP contribution in [0.15, 0.2) is 36.5 Å². The van der Waals surface area contributed by atoms with E-state index in [0.29, 0.717) is 11.4 Å².